The van der Waals surface area contributed by atoms with Crippen LogP contribution in [0.25, 0.3) is 0 Å². The van der Waals surface area contributed by atoms with E-state index in [0.29, 0.717) is 18.4 Å². The van der Waals surface area contributed by atoms with Crippen molar-refractivity contribution >= 4 is 29.4 Å². The van der Waals surface area contributed by atoms with Crippen LogP contribution in [-0.4, -0.2) is 37.9 Å². The normalized spacial score (nSPS) is 16.9. The average Bonchev–Trinajstić information content (AvgIpc) is 3.12. The molecule has 0 saturated heterocycles. The Morgan fingerprint density at radius 2 is 1.88 bits per heavy atom. The van der Waals surface area contributed by atoms with E-state index in [0.717, 1.165) is 5.56 Å². The summed E-state index contributed by atoms with van der Waals surface area (Å²) in [7, 11) is 0. The molecule has 0 atom stereocenters. The zero-order valence-corrected chi connectivity index (χ0v) is 17.3. The highest BCUT2D eigenvalue weighted by molar-refractivity contribution is 6.34. The topological polar surface area (TPSA) is 109 Å². The number of carbonyl (C=O) groups is 2. The van der Waals surface area contributed by atoms with Crippen molar-refractivity contribution in [2.75, 3.05) is 5.32 Å². The van der Waals surface area contributed by atoms with Crippen molar-refractivity contribution in [2.45, 2.75) is 24.9 Å². The summed E-state index contributed by atoms with van der Waals surface area (Å²) in [4.78, 5) is 27.5. The number of benzene rings is 1. The maximum absolute atomic E-state index is 14.5. The summed E-state index contributed by atoms with van der Waals surface area (Å²) in [5.74, 6) is 4.07. The van der Waals surface area contributed by atoms with E-state index in [1.165, 1.54) is 23.1 Å². The fraction of sp³-hybridized carbons (Fsp3) is 0.182. The van der Waals surface area contributed by atoms with Gasteiger partial charge in [0.25, 0.3) is 5.91 Å². The molecule has 2 heterocycles. The van der Waals surface area contributed by atoms with Crippen molar-refractivity contribution < 1.29 is 19.1 Å². The maximum atomic E-state index is 14.5. The fourth-order valence-corrected chi connectivity index (χ4v) is 3.56. The number of halogens is 2. The molecule has 1 aliphatic rings. The predicted molar refractivity (Wildman–Crippen MR) is 115 cm³/mol. The Morgan fingerprint density at radius 1 is 1.16 bits per heavy atom. The van der Waals surface area contributed by atoms with Crippen molar-refractivity contribution in [3.8, 4) is 11.8 Å². The molecule has 0 spiro atoms. The summed E-state index contributed by atoms with van der Waals surface area (Å²) in [5, 5.41) is 17.8. The third-order valence-electron chi connectivity index (χ3n) is 4.95. The molecule has 32 heavy (non-hydrogen) atoms. The Balaban J connectivity index is 1.46. The van der Waals surface area contributed by atoms with Crippen LogP contribution in [0.2, 0.25) is 5.02 Å². The number of amides is 2. The van der Waals surface area contributed by atoms with Gasteiger partial charge in [-0.05, 0) is 31.0 Å². The molecule has 3 N–H and O–H groups in total. The highest BCUT2D eigenvalue weighted by Crippen LogP contribution is 2.34. The first-order chi connectivity index (χ1) is 15.4. The van der Waals surface area contributed by atoms with Gasteiger partial charge in [0.2, 0.25) is 0 Å². The summed E-state index contributed by atoms with van der Waals surface area (Å²) in [5.41, 5.74) is 1.20. The molecule has 0 aliphatic heterocycles. The first kappa shape index (κ1) is 21.3. The molecule has 8 nitrogen and oxygen atoms in total. The molecular weight excluding hydrogens is 437 g/mol. The van der Waals surface area contributed by atoms with Crippen molar-refractivity contribution in [1.29, 1.82) is 0 Å². The standard InChI is InChI=1S/C22H17ClFN5O3/c23-17-12-26-29(16-9-15(10-16)27-22(31)32)19(17)21(30)28-20-18(24)8-14(11-25-20)7-6-13-4-2-1-3-5-13/h1-5,8,11-12,15-16,27H,9-10H2,(H,31,32)(H,25,28,30)/t15-,16-. The van der Waals surface area contributed by atoms with Gasteiger partial charge >= 0.3 is 6.09 Å². The monoisotopic (exact) mass is 453 g/mol. The first-order valence-corrected chi connectivity index (χ1v) is 10.0. The van der Waals surface area contributed by atoms with E-state index >= 15 is 0 Å². The maximum Gasteiger partial charge on any atom is 0.404 e. The second-order valence-corrected chi connectivity index (χ2v) is 7.59. The van der Waals surface area contributed by atoms with Gasteiger partial charge in [-0.1, -0.05) is 41.6 Å². The lowest BCUT2D eigenvalue weighted by atomic mass is 9.87. The van der Waals surface area contributed by atoms with E-state index in [1.54, 1.807) is 0 Å². The molecule has 4 rings (SSSR count). The molecule has 2 amide bonds. The smallest absolute Gasteiger partial charge is 0.404 e. The van der Waals surface area contributed by atoms with Crippen LogP contribution in [0.1, 0.15) is 40.5 Å². The first-order valence-electron chi connectivity index (χ1n) is 9.67. The number of rotatable bonds is 4. The lowest BCUT2D eigenvalue weighted by Gasteiger charge is -2.35. The van der Waals surface area contributed by atoms with Gasteiger partial charge in [-0.25, -0.2) is 14.2 Å². The fourth-order valence-electron chi connectivity index (χ4n) is 3.34. The second-order valence-electron chi connectivity index (χ2n) is 7.18. The molecule has 162 valence electrons. The molecule has 0 radical (unpaired) electrons. The van der Waals surface area contributed by atoms with E-state index in [9.17, 15) is 14.0 Å². The van der Waals surface area contributed by atoms with Crippen molar-refractivity contribution in [2.24, 2.45) is 0 Å². The van der Waals surface area contributed by atoms with Gasteiger partial charge < -0.3 is 15.7 Å². The molecular formula is C22H17ClFN5O3. The van der Waals surface area contributed by atoms with Gasteiger partial charge in [0.05, 0.1) is 17.3 Å². The van der Waals surface area contributed by atoms with Gasteiger partial charge in [0.15, 0.2) is 11.6 Å². The number of anilines is 1. The Hall–Kier alpha value is -3.90. The van der Waals surface area contributed by atoms with E-state index < -0.39 is 17.8 Å². The molecule has 0 unspecified atom stereocenters. The average molecular weight is 454 g/mol. The number of hydrogen-bond donors (Lipinski definition) is 3. The van der Waals surface area contributed by atoms with Crippen LogP contribution in [0.4, 0.5) is 15.0 Å². The number of carbonyl (C=O) groups excluding carboxylic acids is 1. The molecule has 0 bridgehead atoms. The van der Waals surface area contributed by atoms with Crippen LogP contribution >= 0.6 is 11.6 Å². The van der Waals surface area contributed by atoms with Gasteiger partial charge in [-0.2, -0.15) is 5.10 Å². The summed E-state index contributed by atoms with van der Waals surface area (Å²) >= 11 is 6.13. The largest absolute Gasteiger partial charge is 0.465 e. The third-order valence-corrected chi connectivity index (χ3v) is 5.23. The summed E-state index contributed by atoms with van der Waals surface area (Å²) in [6.45, 7) is 0. The molecule has 1 saturated carbocycles. The Kier molecular flexibility index (Phi) is 6.05. The summed E-state index contributed by atoms with van der Waals surface area (Å²) < 4.78 is 15.9. The second kappa shape index (κ2) is 9.08. The number of carboxylic acid groups (broad SMARTS) is 1. The Labute approximate surface area is 187 Å². The van der Waals surface area contributed by atoms with E-state index in [-0.39, 0.29) is 28.6 Å². The minimum Gasteiger partial charge on any atom is -0.465 e. The van der Waals surface area contributed by atoms with Crippen molar-refractivity contribution in [3.05, 3.63) is 76.5 Å². The Morgan fingerprint density at radius 3 is 2.56 bits per heavy atom. The molecule has 10 heteroatoms. The van der Waals surface area contributed by atoms with Crippen LogP contribution in [0.5, 0.6) is 0 Å². The lowest BCUT2D eigenvalue weighted by molar-refractivity contribution is 0.0997. The van der Waals surface area contributed by atoms with Crippen molar-refractivity contribution in [3.63, 3.8) is 0 Å². The molecule has 1 fully saturated rings. The van der Waals surface area contributed by atoms with Gasteiger partial charge in [-0.15, -0.1) is 0 Å². The minimum atomic E-state index is -1.11. The highest BCUT2D eigenvalue weighted by Gasteiger charge is 2.35. The zero-order valence-electron chi connectivity index (χ0n) is 16.5. The van der Waals surface area contributed by atoms with Crippen molar-refractivity contribution in [1.82, 2.24) is 20.1 Å². The van der Waals surface area contributed by atoms with E-state index in [4.69, 9.17) is 16.7 Å². The molecule has 1 aromatic carbocycles. The predicted octanol–water partition coefficient (Wildman–Crippen LogP) is 3.69. The van der Waals surface area contributed by atoms with E-state index in [1.807, 2.05) is 30.3 Å². The van der Waals surface area contributed by atoms with Crippen LogP contribution in [0, 0.1) is 17.7 Å². The molecule has 3 aromatic rings. The lowest BCUT2D eigenvalue weighted by Crippen LogP contribution is -2.45. The quantitative estimate of drug-likeness (QED) is 0.522. The summed E-state index contributed by atoms with van der Waals surface area (Å²) in [6.07, 6.45) is 2.50. The SMILES string of the molecule is O=C(O)N[C@H]1C[C@H](n2ncc(Cl)c2C(=O)Nc2ncc(C#Cc3ccccc3)cc2F)C1. The number of hydrogen-bond acceptors (Lipinski definition) is 4. The van der Waals surface area contributed by atoms with E-state index in [2.05, 4.69) is 32.6 Å². The zero-order chi connectivity index (χ0) is 22.7. The Bertz CT molecular complexity index is 1230. The molecule has 1 aliphatic carbocycles. The van der Waals surface area contributed by atoms with Crippen LogP contribution < -0.4 is 10.6 Å². The number of nitrogens with one attached hydrogen (secondary N) is 2. The van der Waals surface area contributed by atoms with Gasteiger partial charge in [0, 0.05) is 23.4 Å². The van der Waals surface area contributed by atoms with Crippen LogP contribution in [0.15, 0.2) is 48.8 Å². The third kappa shape index (κ3) is 4.71. The van der Waals surface area contributed by atoms with Crippen LogP contribution in [0.3, 0.4) is 0 Å². The minimum absolute atomic E-state index is 0.0552. The van der Waals surface area contributed by atoms with Crippen LogP contribution in [-0.2, 0) is 0 Å². The molecule has 2 aromatic heterocycles. The number of aromatic nitrogens is 3. The van der Waals surface area contributed by atoms with Gasteiger partial charge in [0.1, 0.15) is 5.69 Å². The highest BCUT2D eigenvalue weighted by atomic mass is 35.5. The number of nitrogens with zero attached hydrogens (tertiary/aromatic N) is 3. The number of pyridine rings is 1. The summed E-state index contributed by atoms with van der Waals surface area (Å²) in [6, 6.07) is 10.0. The van der Waals surface area contributed by atoms with Gasteiger partial charge in [-0.3, -0.25) is 9.48 Å².